The Morgan fingerprint density at radius 1 is 1.30 bits per heavy atom. The minimum atomic E-state index is -0.0727. The van der Waals surface area contributed by atoms with E-state index in [2.05, 4.69) is 48.8 Å². The summed E-state index contributed by atoms with van der Waals surface area (Å²) in [6, 6.07) is 0. The number of hydrogen-bond acceptors (Lipinski definition) is 6. The van der Waals surface area contributed by atoms with Crippen molar-refractivity contribution in [2.24, 2.45) is 7.05 Å². The molecule has 2 aromatic heterocycles. The van der Waals surface area contributed by atoms with Crippen LogP contribution in [-0.2, 0) is 24.8 Å². The fourth-order valence-corrected chi connectivity index (χ4v) is 3.02. The molecule has 0 radical (unpaired) electrons. The molecule has 2 aliphatic rings. The van der Waals surface area contributed by atoms with Crippen LogP contribution in [0, 0.1) is 0 Å². The molecule has 0 aromatic carbocycles. The van der Waals surface area contributed by atoms with Crippen molar-refractivity contribution in [3.05, 3.63) is 23.3 Å². The van der Waals surface area contributed by atoms with Crippen LogP contribution in [0.4, 0.5) is 0 Å². The minimum Gasteiger partial charge on any atom is -0.367 e. The lowest BCUT2D eigenvalue weighted by molar-refractivity contribution is -0.0380. The highest BCUT2D eigenvalue weighted by atomic mass is 16.5. The molecule has 0 spiro atoms. The average molecular weight is 317 g/mol. The zero-order valence-electron chi connectivity index (χ0n) is 13.7. The molecule has 2 fully saturated rings. The normalized spacial score (nSPS) is 22.6. The summed E-state index contributed by atoms with van der Waals surface area (Å²) in [7, 11) is 2.07. The van der Waals surface area contributed by atoms with E-state index in [0.717, 1.165) is 49.4 Å². The van der Waals surface area contributed by atoms with E-state index in [9.17, 15) is 0 Å². The lowest BCUT2D eigenvalue weighted by Gasteiger charge is -2.31. The van der Waals surface area contributed by atoms with Gasteiger partial charge in [-0.05, 0) is 12.8 Å². The fourth-order valence-electron chi connectivity index (χ4n) is 3.02. The van der Waals surface area contributed by atoms with Crippen molar-refractivity contribution in [3.8, 4) is 0 Å². The summed E-state index contributed by atoms with van der Waals surface area (Å²) in [5.74, 6) is 4.44. The van der Waals surface area contributed by atoms with Gasteiger partial charge in [0.2, 0.25) is 0 Å². The van der Waals surface area contributed by atoms with E-state index in [-0.39, 0.29) is 6.10 Å². The monoisotopic (exact) mass is 317 g/mol. The lowest BCUT2D eigenvalue weighted by atomic mass is 10.2. The van der Waals surface area contributed by atoms with Gasteiger partial charge in [0.05, 0.1) is 13.2 Å². The van der Waals surface area contributed by atoms with E-state index >= 15 is 0 Å². The number of rotatable bonds is 5. The molecule has 1 N–H and O–H groups in total. The van der Waals surface area contributed by atoms with E-state index in [1.807, 2.05) is 0 Å². The van der Waals surface area contributed by atoms with E-state index in [1.165, 1.54) is 12.8 Å². The van der Waals surface area contributed by atoms with Crippen molar-refractivity contribution in [3.63, 3.8) is 0 Å². The quantitative estimate of drug-likeness (QED) is 0.884. The lowest BCUT2D eigenvalue weighted by Crippen LogP contribution is -2.38. The first-order chi connectivity index (χ1) is 11.2. The largest absolute Gasteiger partial charge is 0.367 e. The predicted octanol–water partition coefficient (Wildman–Crippen LogP) is 0.946. The highest BCUT2D eigenvalue weighted by Gasteiger charge is 2.30. The Kier molecular flexibility index (Phi) is 3.86. The number of morpholine rings is 1. The maximum Gasteiger partial charge on any atom is 0.180 e. The van der Waals surface area contributed by atoms with Gasteiger partial charge in [0, 0.05) is 32.5 Å². The number of aryl methyl sites for hydroxylation is 1. The van der Waals surface area contributed by atoms with Crippen LogP contribution < -0.4 is 0 Å². The van der Waals surface area contributed by atoms with Gasteiger partial charge in [-0.15, -0.1) is 10.2 Å². The standard InChI is InChI=1S/C15H23N7O/c1-3-12-16-14(19-17-12)11-8-22(6-7-23-11)9-13-18-20-15(21(13)2)10-4-5-10/h10-11H,3-9H2,1-2H3,(H,16,17,19)/t11-/m1/s1. The molecule has 1 aliphatic carbocycles. The summed E-state index contributed by atoms with van der Waals surface area (Å²) in [6.07, 6.45) is 3.27. The zero-order chi connectivity index (χ0) is 15.8. The molecule has 23 heavy (non-hydrogen) atoms. The molecule has 0 unspecified atom stereocenters. The van der Waals surface area contributed by atoms with Crippen molar-refractivity contribution in [2.75, 3.05) is 19.7 Å². The Bertz CT molecular complexity index is 675. The smallest absolute Gasteiger partial charge is 0.180 e. The van der Waals surface area contributed by atoms with Gasteiger partial charge in [-0.1, -0.05) is 6.92 Å². The summed E-state index contributed by atoms with van der Waals surface area (Å²) < 4.78 is 8.00. The van der Waals surface area contributed by atoms with Gasteiger partial charge < -0.3 is 9.30 Å². The molecule has 3 heterocycles. The number of aromatic amines is 1. The van der Waals surface area contributed by atoms with Crippen molar-refractivity contribution >= 4 is 0 Å². The number of aromatic nitrogens is 6. The van der Waals surface area contributed by atoms with Crippen molar-refractivity contribution in [1.29, 1.82) is 0 Å². The van der Waals surface area contributed by atoms with Crippen LogP contribution in [0.25, 0.3) is 0 Å². The third-order valence-corrected chi connectivity index (χ3v) is 4.63. The molecular weight excluding hydrogens is 294 g/mol. The Balaban J connectivity index is 1.43. The highest BCUT2D eigenvalue weighted by molar-refractivity contribution is 5.08. The first-order valence-corrected chi connectivity index (χ1v) is 8.38. The van der Waals surface area contributed by atoms with Gasteiger partial charge in [0.25, 0.3) is 0 Å². The predicted molar refractivity (Wildman–Crippen MR) is 82.7 cm³/mol. The molecule has 0 amide bonds. The van der Waals surface area contributed by atoms with Gasteiger partial charge in [-0.25, -0.2) is 4.98 Å². The third kappa shape index (κ3) is 3.00. The average Bonchev–Trinajstić information content (AvgIpc) is 3.18. The van der Waals surface area contributed by atoms with Crippen LogP contribution in [-0.4, -0.2) is 54.5 Å². The van der Waals surface area contributed by atoms with E-state index in [4.69, 9.17) is 4.74 Å². The molecule has 8 nitrogen and oxygen atoms in total. The van der Waals surface area contributed by atoms with Crippen LogP contribution in [0.5, 0.6) is 0 Å². The summed E-state index contributed by atoms with van der Waals surface area (Å²) in [6.45, 7) is 5.22. The first kappa shape index (κ1) is 14.8. The topological polar surface area (TPSA) is 84.8 Å². The molecule has 4 rings (SSSR count). The SMILES string of the molecule is CCc1nc([C@H]2CN(Cc3nnc(C4CC4)n3C)CCO2)n[nH]1. The first-order valence-electron chi connectivity index (χ1n) is 8.38. The van der Waals surface area contributed by atoms with Crippen LogP contribution in [0.2, 0.25) is 0 Å². The summed E-state index contributed by atoms with van der Waals surface area (Å²) in [5, 5.41) is 16.0. The Morgan fingerprint density at radius 3 is 2.91 bits per heavy atom. The summed E-state index contributed by atoms with van der Waals surface area (Å²) in [4.78, 5) is 6.84. The number of hydrogen-bond donors (Lipinski definition) is 1. The van der Waals surface area contributed by atoms with Crippen molar-refractivity contribution < 1.29 is 4.74 Å². The second-order valence-corrected chi connectivity index (χ2v) is 6.40. The molecule has 1 atom stereocenters. The van der Waals surface area contributed by atoms with E-state index in [0.29, 0.717) is 12.5 Å². The van der Waals surface area contributed by atoms with Crippen LogP contribution in [0.3, 0.4) is 0 Å². The summed E-state index contributed by atoms with van der Waals surface area (Å²) >= 11 is 0. The number of H-pyrrole nitrogens is 1. The Hall–Kier alpha value is -1.80. The molecule has 1 aliphatic heterocycles. The molecule has 124 valence electrons. The maximum atomic E-state index is 5.84. The number of nitrogens with one attached hydrogen (secondary N) is 1. The van der Waals surface area contributed by atoms with E-state index in [1.54, 1.807) is 0 Å². The Morgan fingerprint density at radius 2 is 2.17 bits per heavy atom. The zero-order valence-corrected chi connectivity index (χ0v) is 13.7. The van der Waals surface area contributed by atoms with Crippen LogP contribution >= 0.6 is 0 Å². The summed E-state index contributed by atoms with van der Waals surface area (Å²) in [5.41, 5.74) is 0. The van der Waals surface area contributed by atoms with Gasteiger partial charge in [-0.3, -0.25) is 10.00 Å². The van der Waals surface area contributed by atoms with Crippen LogP contribution in [0.1, 0.15) is 55.1 Å². The van der Waals surface area contributed by atoms with Gasteiger partial charge in [0.15, 0.2) is 5.82 Å². The van der Waals surface area contributed by atoms with Crippen molar-refractivity contribution in [1.82, 2.24) is 34.8 Å². The fraction of sp³-hybridized carbons (Fsp3) is 0.733. The molecule has 1 saturated heterocycles. The van der Waals surface area contributed by atoms with Crippen molar-refractivity contribution in [2.45, 2.75) is 44.8 Å². The molecule has 1 saturated carbocycles. The third-order valence-electron chi connectivity index (χ3n) is 4.63. The van der Waals surface area contributed by atoms with Gasteiger partial charge >= 0.3 is 0 Å². The van der Waals surface area contributed by atoms with Gasteiger partial charge in [0.1, 0.15) is 23.6 Å². The molecular formula is C15H23N7O. The molecule has 2 aromatic rings. The Labute approximate surface area is 135 Å². The van der Waals surface area contributed by atoms with E-state index < -0.39 is 0 Å². The highest BCUT2D eigenvalue weighted by Crippen LogP contribution is 2.38. The second kappa shape index (κ2) is 6.01. The second-order valence-electron chi connectivity index (χ2n) is 6.40. The maximum absolute atomic E-state index is 5.84. The minimum absolute atomic E-state index is 0.0727. The van der Waals surface area contributed by atoms with Crippen LogP contribution in [0.15, 0.2) is 0 Å². The number of nitrogens with zero attached hydrogens (tertiary/aromatic N) is 6. The van der Waals surface area contributed by atoms with Gasteiger partial charge in [-0.2, -0.15) is 5.10 Å². The number of ether oxygens (including phenoxy) is 1. The molecule has 0 bridgehead atoms. The molecule has 8 heteroatoms.